The molecule has 1 aliphatic rings. The van der Waals surface area contributed by atoms with E-state index in [0.29, 0.717) is 17.0 Å². The number of anilines is 1. The summed E-state index contributed by atoms with van der Waals surface area (Å²) in [6, 6.07) is 16.8. The van der Waals surface area contributed by atoms with E-state index in [1.165, 1.54) is 28.8 Å². The van der Waals surface area contributed by atoms with Crippen LogP contribution in [-0.4, -0.2) is 23.6 Å². The minimum Gasteiger partial charge on any atom is -0.482 e. The van der Waals surface area contributed by atoms with Gasteiger partial charge in [-0.05, 0) is 66.2 Å². The number of nitrogens with zero attached hydrogens (tertiary/aromatic N) is 1. The number of hydrogen-bond acceptors (Lipinski definition) is 4. The summed E-state index contributed by atoms with van der Waals surface area (Å²) in [5.41, 5.74) is 0.942. The van der Waals surface area contributed by atoms with Crippen molar-refractivity contribution in [3.05, 3.63) is 83.4 Å². The molecule has 9 heteroatoms. The van der Waals surface area contributed by atoms with Gasteiger partial charge in [-0.15, -0.1) is 0 Å². The van der Waals surface area contributed by atoms with E-state index in [-0.39, 0.29) is 12.5 Å². The van der Waals surface area contributed by atoms with Crippen molar-refractivity contribution in [2.75, 3.05) is 11.5 Å². The van der Waals surface area contributed by atoms with Crippen molar-refractivity contribution in [3.63, 3.8) is 0 Å². The fourth-order valence-electron chi connectivity index (χ4n) is 3.31. The Kier molecular flexibility index (Phi) is 5.84. The molecule has 3 aromatic rings. The van der Waals surface area contributed by atoms with Gasteiger partial charge in [0.2, 0.25) is 0 Å². The number of carbonyl (C=O) groups is 2. The predicted molar refractivity (Wildman–Crippen MR) is 112 cm³/mol. The van der Waals surface area contributed by atoms with Gasteiger partial charge in [-0.25, -0.2) is 4.79 Å². The standard InChI is InChI=1S/C23H16F3NO4S/c24-23(25,26)14-4-6-15(7-5-14)27-12-19-18(22(27)30)2-1-3-20(19)32-17-10-8-16(9-11-17)31-13-21(28)29/h1-11H,12-13H2,(H,28,29). The Morgan fingerprint density at radius 2 is 1.72 bits per heavy atom. The number of hydrogen-bond donors (Lipinski definition) is 1. The lowest BCUT2D eigenvalue weighted by Crippen LogP contribution is -2.23. The van der Waals surface area contributed by atoms with Crippen LogP contribution < -0.4 is 9.64 Å². The van der Waals surface area contributed by atoms with Crippen LogP contribution in [0.25, 0.3) is 0 Å². The lowest BCUT2D eigenvalue weighted by atomic mass is 10.1. The van der Waals surface area contributed by atoms with Crippen molar-refractivity contribution in [3.8, 4) is 5.75 Å². The molecular weight excluding hydrogens is 443 g/mol. The number of carboxylic acid groups (broad SMARTS) is 1. The van der Waals surface area contributed by atoms with Gasteiger partial charge in [0.25, 0.3) is 5.91 Å². The largest absolute Gasteiger partial charge is 0.482 e. The summed E-state index contributed by atoms with van der Waals surface area (Å²) >= 11 is 1.43. The average Bonchev–Trinajstić information content (AvgIpc) is 3.10. The molecule has 0 atom stereocenters. The number of carbonyl (C=O) groups excluding carboxylic acids is 1. The van der Waals surface area contributed by atoms with Crippen molar-refractivity contribution < 1.29 is 32.6 Å². The van der Waals surface area contributed by atoms with Gasteiger partial charge in [-0.2, -0.15) is 13.2 Å². The molecule has 32 heavy (non-hydrogen) atoms. The summed E-state index contributed by atoms with van der Waals surface area (Å²) in [5.74, 6) is -0.899. The van der Waals surface area contributed by atoms with E-state index in [4.69, 9.17) is 9.84 Å². The second-order valence-corrected chi connectivity index (χ2v) is 8.09. The molecule has 5 nitrogen and oxygen atoms in total. The van der Waals surface area contributed by atoms with Crippen LogP contribution >= 0.6 is 11.8 Å². The van der Waals surface area contributed by atoms with E-state index in [9.17, 15) is 22.8 Å². The zero-order chi connectivity index (χ0) is 22.9. The number of aliphatic carboxylic acids is 1. The van der Waals surface area contributed by atoms with Crippen LogP contribution in [0.15, 0.2) is 76.5 Å². The third-order valence-corrected chi connectivity index (χ3v) is 5.96. The second kappa shape index (κ2) is 8.58. The smallest absolute Gasteiger partial charge is 0.416 e. The number of rotatable bonds is 6. The van der Waals surface area contributed by atoms with Crippen LogP contribution in [0.2, 0.25) is 0 Å². The van der Waals surface area contributed by atoms with Gasteiger partial charge in [0.15, 0.2) is 6.61 Å². The SMILES string of the molecule is O=C(O)COc1ccc(Sc2cccc3c2CN(c2ccc(C(F)(F)F)cc2)C3=O)cc1. The van der Waals surface area contributed by atoms with Crippen LogP contribution in [0.4, 0.5) is 18.9 Å². The summed E-state index contributed by atoms with van der Waals surface area (Å²) in [5, 5.41) is 8.68. The number of ether oxygens (including phenoxy) is 1. The Morgan fingerprint density at radius 1 is 1.03 bits per heavy atom. The average molecular weight is 459 g/mol. The lowest BCUT2D eigenvalue weighted by Gasteiger charge is -2.17. The molecule has 4 rings (SSSR count). The maximum Gasteiger partial charge on any atom is 0.416 e. The molecule has 1 aliphatic heterocycles. The van der Waals surface area contributed by atoms with E-state index in [1.54, 1.807) is 36.4 Å². The molecule has 1 heterocycles. The molecule has 0 aromatic heterocycles. The fraction of sp³-hybridized carbons (Fsp3) is 0.130. The normalized spacial score (nSPS) is 13.2. The first-order chi connectivity index (χ1) is 15.2. The van der Waals surface area contributed by atoms with Crippen LogP contribution in [0, 0.1) is 0 Å². The Morgan fingerprint density at radius 3 is 2.34 bits per heavy atom. The molecule has 0 radical (unpaired) electrons. The van der Waals surface area contributed by atoms with Gasteiger partial charge in [0.1, 0.15) is 5.75 Å². The molecule has 0 spiro atoms. The van der Waals surface area contributed by atoms with Gasteiger partial charge >= 0.3 is 12.1 Å². The van der Waals surface area contributed by atoms with E-state index in [2.05, 4.69) is 0 Å². The summed E-state index contributed by atoms with van der Waals surface area (Å²) < 4.78 is 43.6. The highest BCUT2D eigenvalue weighted by molar-refractivity contribution is 7.99. The van der Waals surface area contributed by atoms with Crippen molar-refractivity contribution in [1.29, 1.82) is 0 Å². The molecule has 0 aliphatic carbocycles. The number of benzene rings is 3. The number of carboxylic acids is 1. The number of alkyl halides is 3. The maximum atomic E-state index is 12.9. The molecule has 0 saturated carbocycles. The van der Waals surface area contributed by atoms with Crippen molar-refractivity contribution in [2.24, 2.45) is 0 Å². The van der Waals surface area contributed by atoms with Crippen molar-refractivity contribution >= 4 is 29.3 Å². The van der Waals surface area contributed by atoms with E-state index < -0.39 is 24.3 Å². The van der Waals surface area contributed by atoms with Crippen LogP contribution in [-0.2, 0) is 17.5 Å². The van der Waals surface area contributed by atoms with Gasteiger partial charge in [-0.3, -0.25) is 4.79 Å². The second-order valence-electron chi connectivity index (χ2n) is 6.97. The van der Waals surface area contributed by atoms with Crippen LogP contribution in [0.1, 0.15) is 21.5 Å². The molecule has 0 bridgehead atoms. The molecule has 164 valence electrons. The number of halogens is 3. The predicted octanol–water partition coefficient (Wildman–Crippen LogP) is 5.48. The highest BCUT2D eigenvalue weighted by Gasteiger charge is 2.33. The zero-order valence-electron chi connectivity index (χ0n) is 16.4. The molecule has 1 amide bonds. The van der Waals surface area contributed by atoms with Gasteiger partial charge in [0.05, 0.1) is 12.1 Å². The fourth-order valence-corrected chi connectivity index (χ4v) is 4.29. The molecule has 0 fully saturated rings. The monoisotopic (exact) mass is 459 g/mol. The molecule has 1 N–H and O–H groups in total. The Bertz CT molecular complexity index is 1160. The first-order valence-corrected chi connectivity index (χ1v) is 10.3. The molecule has 3 aromatic carbocycles. The van der Waals surface area contributed by atoms with Crippen LogP contribution in [0.3, 0.4) is 0 Å². The number of amides is 1. The summed E-state index contributed by atoms with van der Waals surface area (Å²) in [7, 11) is 0. The maximum absolute atomic E-state index is 12.9. The zero-order valence-corrected chi connectivity index (χ0v) is 17.2. The molecule has 0 unspecified atom stereocenters. The van der Waals surface area contributed by atoms with E-state index in [1.807, 2.05) is 6.07 Å². The highest BCUT2D eigenvalue weighted by atomic mass is 32.2. The summed E-state index contributed by atoms with van der Waals surface area (Å²) in [6.07, 6.45) is -4.44. The Hall–Kier alpha value is -3.46. The summed E-state index contributed by atoms with van der Waals surface area (Å²) in [6.45, 7) is -0.177. The van der Waals surface area contributed by atoms with E-state index in [0.717, 1.165) is 27.5 Å². The molecule has 0 saturated heterocycles. The van der Waals surface area contributed by atoms with Crippen LogP contribution in [0.5, 0.6) is 5.75 Å². The van der Waals surface area contributed by atoms with Gasteiger partial charge in [-0.1, -0.05) is 17.8 Å². The quantitative estimate of drug-likeness (QED) is 0.529. The molecular formula is C23H16F3NO4S. The highest BCUT2D eigenvalue weighted by Crippen LogP contribution is 2.39. The first-order valence-electron chi connectivity index (χ1n) is 9.46. The minimum absolute atomic E-state index is 0.252. The van der Waals surface area contributed by atoms with E-state index >= 15 is 0 Å². The lowest BCUT2D eigenvalue weighted by molar-refractivity contribution is -0.139. The Labute approximate surface area is 185 Å². The van der Waals surface area contributed by atoms with Gasteiger partial charge < -0.3 is 14.7 Å². The first kappa shape index (κ1) is 21.8. The Balaban J connectivity index is 1.53. The minimum atomic E-state index is -4.44. The summed E-state index contributed by atoms with van der Waals surface area (Å²) in [4.78, 5) is 26.6. The van der Waals surface area contributed by atoms with Crippen molar-refractivity contribution in [1.82, 2.24) is 0 Å². The third-order valence-electron chi connectivity index (χ3n) is 4.84. The number of fused-ring (bicyclic) bond motifs is 1. The topological polar surface area (TPSA) is 66.8 Å². The third kappa shape index (κ3) is 4.57. The van der Waals surface area contributed by atoms with Crippen molar-refractivity contribution in [2.45, 2.75) is 22.5 Å². The van der Waals surface area contributed by atoms with Gasteiger partial charge in [0, 0.05) is 21.0 Å².